The van der Waals surface area contributed by atoms with Gasteiger partial charge in [0.1, 0.15) is 5.56 Å². The van der Waals surface area contributed by atoms with Crippen molar-refractivity contribution in [3.8, 4) is 16.8 Å². The fraction of sp³-hybridized carbons (Fsp3) is 0.143. The highest BCUT2D eigenvalue weighted by Crippen LogP contribution is 2.31. The van der Waals surface area contributed by atoms with Crippen LogP contribution in [0.2, 0.25) is 0 Å². The molecule has 0 aliphatic rings. The van der Waals surface area contributed by atoms with Gasteiger partial charge in [0, 0.05) is 23.5 Å². The number of nitrogens with one attached hydrogen (secondary N) is 1. The fourth-order valence-electron chi connectivity index (χ4n) is 4.17. The van der Waals surface area contributed by atoms with Gasteiger partial charge in [-0.2, -0.15) is 13.2 Å². The molecule has 4 aromatic rings. The molecule has 0 saturated carbocycles. The molecule has 3 aromatic carbocycles. The molecule has 7 nitrogen and oxygen atoms in total. The number of nitrogens with zero attached hydrogens (tertiary/aromatic N) is 1. The van der Waals surface area contributed by atoms with Crippen molar-refractivity contribution in [1.82, 2.24) is 9.88 Å². The summed E-state index contributed by atoms with van der Waals surface area (Å²) in [6, 6.07) is 20.5. The van der Waals surface area contributed by atoms with Crippen molar-refractivity contribution in [3.05, 3.63) is 118 Å². The van der Waals surface area contributed by atoms with Crippen molar-refractivity contribution in [2.24, 2.45) is 5.14 Å². The van der Waals surface area contributed by atoms with Crippen LogP contribution in [0.4, 0.5) is 13.2 Å². The van der Waals surface area contributed by atoms with E-state index < -0.39 is 33.2 Å². The summed E-state index contributed by atoms with van der Waals surface area (Å²) in [5.41, 5.74) is 0.346. The minimum absolute atomic E-state index is 0.0194. The average molecular weight is 556 g/mol. The molecule has 0 unspecified atom stereocenters. The van der Waals surface area contributed by atoms with Crippen LogP contribution < -0.4 is 16.0 Å². The highest BCUT2D eigenvalue weighted by Gasteiger charge is 2.31. The quantitative estimate of drug-likeness (QED) is 0.351. The van der Waals surface area contributed by atoms with E-state index in [1.807, 2.05) is 0 Å². The Morgan fingerprint density at radius 1 is 0.949 bits per heavy atom. The third-order valence-corrected chi connectivity index (χ3v) is 7.09. The number of alkyl halides is 3. The molecule has 0 saturated heterocycles. The zero-order valence-corrected chi connectivity index (χ0v) is 21.5. The van der Waals surface area contributed by atoms with Crippen LogP contribution in [0.3, 0.4) is 0 Å². The van der Waals surface area contributed by atoms with Gasteiger partial charge in [0.25, 0.3) is 11.5 Å². The number of amides is 1. The molecule has 1 heterocycles. The standard InChI is InChI=1S/C28H24F3N3O4S/c1-18-24(20-6-3-2-4-7-20)17-25(27(36)34(18)22-9-5-8-21(16-22)28(29,30)31)26(35)33-15-14-19-10-12-23(13-11-19)39(32,37)38/h2-13,16-17H,14-15H2,1H3,(H,33,35)(H2,32,37,38). The number of rotatable bonds is 7. The summed E-state index contributed by atoms with van der Waals surface area (Å²) in [5.74, 6) is -0.695. The summed E-state index contributed by atoms with van der Waals surface area (Å²) in [7, 11) is -3.83. The lowest BCUT2D eigenvalue weighted by Crippen LogP contribution is -2.34. The van der Waals surface area contributed by atoms with E-state index in [-0.39, 0.29) is 22.7 Å². The van der Waals surface area contributed by atoms with Crippen LogP contribution in [0, 0.1) is 6.92 Å². The molecule has 3 N–H and O–H groups in total. The lowest BCUT2D eigenvalue weighted by Gasteiger charge is -2.18. The highest BCUT2D eigenvalue weighted by atomic mass is 32.2. The lowest BCUT2D eigenvalue weighted by atomic mass is 10.0. The number of halogens is 3. The number of hydrogen-bond acceptors (Lipinski definition) is 4. The molecule has 1 aromatic heterocycles. The summed E-state index contributed by atoms with van der Waals surface area (Å²) in [6.07, 6.45) is -4.28. The first-order valence-electron chi connectivity index (χ1n) is 11.8. The Balaban J connectivity index is 1.70. The average Bonchev–Trinajstić information content (AvgIpc) is 2.89. The van der Waals surface area contributed by atoms with Gasteiger partial charge in [-0.3, -0.25) is 14.2 Å². The summed E-state index contributed by atoms with van der Waals surface area (Å²) < 4.78 is 64.2. The molecule has 0 radical (unpaired) electrons. The molecule has 0 spiro atoms. The number of pyridine rings is 1. The highest BCUT2D eigenvalue weighted by molar-refractivity contribution is 7.89. The number of benzene rings is 3. The Kier molecular flexibility index (Phi) is 7.75. The Morgan fingerprint density at radius 2 is 1.62 bits per heavy atom. The van der Waals surface area contributed by atoms with Crippen LogP contribution in [0.25, 0.3) is 16.8 Å². The molecular weight excluding hydrogens is 531 g/mol. The fourth-order valence-corrected chi connectivity index (χ4v) is 4.69. The van der Waals surface area contributed by atoms with Crippen LogP contribution >= 0.6 is 0 Å². The smallest absolute Gasteiger partial charge is 0.352 e. The van der Waals surface area contributed by atoms with E-state index in [1.165, 1.54) is 30.3 Å². The summed E-state index contributed by atoms with van der Waals surface area (Å²) in [4.78, 5) is 26.6. The molecule has 0 aliphatic heterocycles. The van der Waals surface area contributed by atoms with Gasteiger partial charge >= 0.3 is 6.18 Å². The third-order valence-electron chi connectivity index (χ3n) is 6.16. The predicted octanol–water partition coefficient (Wildman–Crippen LogP) is 4.45. The topological polar surface area (TPSA) is 111 Å². The Bertz CT molecular complexity index is 1680. The van der Waals surface area contributed by atoms with Gasteiger partial charge in [-0.15, -0.1) is 0 Å². The van der Waals surface area contributed by atoms with E-state index in [0.29, 0.717) is 23.2 Å². The first-order valence-corrected chi connectivity index (χ1v) is 13.3. The van der Waals surface area contributed by atoms with Crippen molar-refractivity contribution in [3.63, 3.8) is 0 Å². The van der Waals surface area contributed by atoms with Gasteiger partial charge < -0.3 is 5.32 Å². The van der Waals surface area contributed by atoms with E-state index in [1.54, 1.807) is 49.4 Å². The maximum atomic E-state index is 13.5. The molecule has 202 valence electrons. The number of nitrogens with two attached hydrogens (primary N) is 1. The summed E-state index contributed by atoms with van der Waals surface area (Å²) >= 11 is 0. The van der Waals surface area contributed by atoms with E-state index in [9.17, 15) is 31.2 Å². The normalized spacial score (nSPS) is 11.8. The molecule has 0 bridgehead atoms. The van der Waals surface area contributed by atoms with Crippen LogP contribution in [-0.4, -0.2) is 25.4 Å². The Morgan fingerprint density at radius 3 is 2.23 bits per heavy atom. The van der Waals surface area contributed by atoms with Crippen molar-refractivity contribution < 1.29 is 26.4 Å². The zero-order valence-electron chi connectivity index (χ0n) is 20.7. The molecule has 0 atom stereocenters. The second kappa shape index (κ2) is 10.9. The van der Waals surface area contributed by atoms with E-state index in [4.69, 9.17) is 5.14 Å². The first kappa shape index (κ1) is 27.8. The van der Waals surface area contributed by atoms with Gasteiger partial charge in [-0.25, -0.2) is 13.6 Å². The molecule has 1 amide bonds. The van der Waals surface area contributed by atoms with Gasteiger partial charge in [0.2, 0.25) is 10.0 Å². The maximum absolute atomic E-state index is 13.5. The maximum Gasteiger partial charge on any atom is 0.416 e. The van der Waals surface area contributed by atoms with E-state index in [0.717, 1.165) is 22.3 Å². The number of hydrogen-bond donors (Lipinski definition) is 2. The lowest BCUT2D eigenvalue weighted by molar-refractivity contribution is -0.137. The number of primary sulfonamides is 1. The van der Waals surface area contributed by atoms with Crippen LogP contribution in [0.1, 0.15) is 27.2 Å². The minimum Gasteiger partial charge on any atom is -0.352 e. The SMILES string of the molecule is Cc1c(-c2ccccc2)cc(C(=O)NCCc2ccc(S(N)(=O)=O)cc2)c(=O)n1-c1cccc(C(F)(F)F)c1. The number of aromatic nitrogens is 1. The number of carbonyl (C=O) groups is 1. The van der Waals surface area contributed by atoms with E-state index >= 15 is 0 Å². The van der Waals surface area contributed by atoms with Crippen LogP contribution in [0.15, 0.2) is 94.6 Å². The van der Waals surface area contributed by atoms with Gasteiger partial charge in [0.15, 0.2) is 0 Å². The summed E-state index contributed by atoms with van der Waals surface area (Å²) in [6.45, 7) is 1.72. The Hall–Kier alpha value is -4.22. The van der Waals surface area contributed by atoms with E-state index in [2.05, 4.69) is 5.32 Å². The molecule has 0 aliphatic carbocycles. The molecular formula is C28H24F3N3O4S. The number of carbonyl (C=O) groups excluding carboxylic acids is 1. The molecule has 0 fully saturated rings. The van der Waals surface area contributed by atoms with Gasteiger partial charge in [0.05, 0.1) is 10.5 Å². The van der Waals surface area contributed by atoms with Crippen molar-refractivity contribution in [1.29, 1.82) is 0 Å². The molecule has 39 heavy (non-hydrogen) atoms. The summed E-state index contributed by atoms with van der Waals surface area (Å²) in [5, 5.41) is 7.77. The molecule has 4 rings (SSSR count). The van der Waals surface area contributed by atoms with Crippen LogP contribution in [0.5, 0.6) is 0 Å². The Labute approximate surface area is 222 Å². The first-order chi connectivity index (χ1) is 18.4. The van der Waals surface area contributed by atoms with Crippen molar-refractivity contribution in [2.45, 2.75) is 24.4 Å². The largest absolute Gasteiger partial charge is 0.416 e. The van der Waals surface area contributed by atoms with Crippen molar-refractivity contribution in [2.75, 3.05) is 6.54 Å². The molecule has 11 heteroatoms. The predicted molar refractivity (Wildman–Crippen MR) is 141 cm³/mol. The van der Waals surface area contributed by atoms with Crippen LogP contribution in [-0.2, 0) is 22.6 Å². The monoisotopic (exact) mass is 555 g/mol. The van der Waals surface area contributed by atoms with Gasteiger partial charge in [-0.1, -0.05) is 48.5 Å². The zero-order chi connectivity index (χ0) is 28.4. The number of sulfonamides is 1. The second-order valence-corrected chi connectivity index (χ2v) is 10.4. The van der Waals surface area contributed by atoms with Gasteiger partial charge in [-0.05, 0) is 60.9 Å². The second-order valence-electron chi connectivity index (χ2n) is 8.81. The third kappa shape index (κ3) is 6.27. The minimum atomic E-state index is -4.61. The van der Waals surface area contributed by atoms with Crippen molar-refractivity contribution >= 4 is 15.9 Å².